The second-order valence-corrected chi connectivity index (χ2v) is 11.9. The van der Waals surface area contributed by atoms with Crippen molar-refractivity contribution in [3.63, 3.8) is 0 Å². The molecule has 2 aliphatic rings. The van der Waals surface area contributed by atoms with E-state index < -0.39 is 17.7 Å². The molecule has 0 bridgehead atoms. The molecule has 214 valence electrons. The molecule has 0 spiro atoms. The highest BCUT2D eigenvalue weighted by Gasteiger charge is 2.34. The highest BCUT2D eigenvalue weighted by Crippen LogP contribution is 2.28. The lowest BCUT2D eigenvalue weighted by Crippen LogP contribution is -2.55. The van der Waals surface area contributed by atoms with E-state index in [1.54, 1.807) is 33.2 Å². The summed E-state index contributed by atoms with van der Waals surface area (Å²) in [6, 6.07) is 11.5. The van der Waals surface area contributed by atoms with Crippen LogP contribution >= 0.6 is 0 Å². The number of imidazole rings is 1. The van der Waals surface area contributed by atoms with Crippen LogP contribution in [0.3, 0.4) is 0 Å². The third kappa shape index (κ3) is 6.55. The van der Waals surface area contributed by atoms with E-state index in [9.17, 15) is 14.4 Å². The molecular weight excluding hydrogens is 508 g/mol. The van der Waals surface area contributed by atoms with E-state index >= 15 is 0 Å². The van der Waals surface area contributed by atoms with Crippen molar-refractivity contribution in [2.75, 3.05) is 26.2 Å². The summed E-state index contributed by atoms with van der Waals surface area (Å²) in [6.07, 6.45) is 6.78. The van der Waals surface area contributed by atoms with Gasteiger partial charge in [0.05, 0.1) is 11.0 Å². The van der Waals surface area contributed by atoms with Crippen LogP contribution in [0.2, 0.25) is 0 Å². The highest BCUT2D eigenvalue weighted by molar-refractivity contribution is 5.86. The van der Waals surface area contributed by atoms with Crippen molar-refractivity contribution in [1.82, 2.24) is 29.7 Å². The first kappa shape index (κ1) is 27.9. The second-order valence-electron chi connectivity index (χ2n) is 11.9. The van der Waals surface area contributed by atoms with Crippen LogP contribution in [0.4, 0.5) is 4.79 Å². The third-order valence-electron chi connectivity index (χ3n) is 7.93. The third-order valence-corrected chi connectivity index (χ3v) is 7.93. The lowest BCUT2D eigenvalue weighted by atomic mass is 9.96. The zero-order chi connectivity index (χ0) is 28.3. The molecule has 2 aliphatic heterocycles. The van der Waals surface area contributed by atoms with Crippen LogP contribution in [0.25, 0.3) is 11.0 Å². The highest BCUT2D eigenvalue weighted by atomic mass is 16.6. The molecule has 10 heteroatoms. The van der Waals surface area contributed by atoms with Gasteiger partial charge >= 0.3 is 11.8 Å². The van der Waals surface area contributed by atoms with Crippen LogP contribution in [-0.4, -0.2) is 80.2 Å². The number of carbonyl (C=O) groups is 2. The van der Waals surface area contributed by atoms with E-state index in [-0.39, 0.29) is 17.6 Å². The number of H-pyrrole nitrogens is 1. The Labute approximate surface area is 234 Å². The Hall–Kier alpha value is -3.66. The van der Waals surface area contributed by atoms with E-state index in [1.165, 1.54) is 0 Å². The van der Waals surface area contributed by atoms with E-state index in [0.29, 0.717) is 25.6 Å². The molecule has 40 heavy (non-hydrogen) atoms. The van der Waals surface area contributed by atoms with Gasteiger partial charge in [-0.25, -0.2) is 9.59 Å². The number of nitrogens with one attached hydrogen (secondary N) is 2. The molecule has 1 aromatic carbocycles. The average molecular weight is 549 g/mol. The predicted molar refractivity (Wildman–Crippen MR) is 153 cm³/mol. The quantitative estimate of drug-likeness (QED) is 0.488. The molecule has 0 unspecified atom stereocenters. The molecule has 2 saturated heterocycles. The lowest BCUT2D eigenvalue weighted by Gasteiger charge is -2.42. The maximum atomic E-state index is 13.6. The predicted octanol–water partition coefficient (Wildman–Crippen LogP) is 3.49. The van der Waals surface area contributed by atoms with Crippen molar-refractivity contribution in [2.45, 2.75) is 76.6 Å². The maximum Gasteiger partial charge on any atom is 0.408 e. The van der Waals surface area contributed by atoms with Crippen molar-refractivity contribution in [1.29, 1.82) is 0 Å². The van der Waals surface area contributed by atoms with Gasteiger partial charge in [-0.2, -0.15) is 0 Å². The molecule has 3 aromatic rings. The van der Waals surface area contributed by atoms with Crippen molar-refractivity contribution in [3.05, 3.63) is 64.8 Å². The van der Waals surface area contributed by atoms with Gasteiger partial charge in [0.15, 0.2) is 0 Å². The fraction of sp³-hybridized carbons (Fsp3) is 0.533. The number of fused-ring (bicyclic) bond motifs is 1. The van der Waals surface area contributed by atoms with E-state index in [4.69, 9.17) is 4.74 Å². The van der Waals surface area contributed by atoms with Crippen molar-refractivity contribution in [2.24, 2.45) is 0 Å². The molecule has 1 atom stereocenters. The number of hydrogen-bond donors (Lipinski definition) is 2. The van der Waals surface area contributed by atoms with E-state index in [2.05, 4.69) is 20.2 Å². The first-order chi connectivity index (χ1) is 19.2. The monoisotopic (exact) mass is 548 g/mol. The zero-order valence-corrected chi connectivity index (χ0v) is 23.6. The van der Waals surface area contributed by atoms with Gasteiger partial charge < -0.3 is 24.8 Å². The topological polar surface area (TPSA) is 113 Å². The number of nitrogens with zero attached hydrogens (tertiary/aromatic N) is 4. The standard InChI is InChI=1S/C30H40N6O4/c1-30(2,3)40-29(39)33-25(19-21-7-6-14-31-20-21)27(37)35-17-10-22(11-18-35)34-15-12-23(13-16-34)36-26-9-5-4-8-24(26)32-28(36)38/h4-9,14,20,22-23,25H,10-13,15-19H2,1-3H3,(H,32,38)(H,33,39)/t25-/m1/s1. The normalized spacial score (nSPS) is 18.5. The molecule has 4 heterocycles. The maximum absolute atomic E-state index is 13.6. The Bertz CT molecular complexity index is 1360. The van der Waals surface area contributed by atoms with Crippen LogP contribution in [-0.2, 0) is 16.0 Å². The number of amides is 2. The van der Waals surface area contributed by atoms with Crippen molar-refractivity contribution in [3.8, 4) is 0 Å². The van der Waals surface area contributed by atoms with Crippen LogP contribution in [0.5, 0.6) is 0 Å². The zero-order valence-electron chi connectivity index (χ0n) is 23.6. The number of ether oxygens (including phenoxy) is 1. The largest absolute Gasteiger partial charge is 0.444 e. The van der Waals surface area contributed by atoms with Crippen LogP contribution in [0, 0.1) is 0 Å². The van der Waals surface area contributed by atoms with Crippen LogP contribution < -0.4 is 11.0 Å². The Balaban J connectivity index is 1.17. The Morgan fingerprint density at radius 1 is 1.02 bits per heavy atom. The number of piperidine rings is 2. The molecule has 0 saturated carbocycles. The number of benzene rings is 1. The minimum atomic E-state index is -0.721. The molecule has 0 aliphatic carbocycles. The summed E-state index contributed by atoms with van der Waals surface area (Å²) in [5, 5.41) is 2.81. The Morgan fingerprint density at radius 2 is 1.73 bits per heavy atom. The Kier molecular flexibility index (Phi) is 8.25. The summed E-state index contributed by atoms with van der Waals surface area (Å²) >= 11 is 0. The average Bonchev–Trinajstić information content (AvgIpc) is 3.27. The van der Waals surface area contributed by atoms with Crippen LogP contribution in [0.1, 0.15) is 58.1 Å². The number of pyridine rings is 1. The Morgan fingerprint density at radius 3 is 2.40 bits per heavy atom. The first-order valence-corrected chi connectivity index (χ1v) is 14.3. The number of aromatic amines is 1. The van der Waals surface area contributed by atoms with Gasteiger partial charge in [0.2, 0.25) is 5.91 Å². The molecule has 10 nitrogen and oxygen atoms in total. The van der Waals surface area contributed by atoms with Gasteiger partial charge in [-0.1, -0.05) is 18.2 Å². The molecular formula is C30H40N6O4. The first-order valence-electron chi connectivity index (χ1n) is 14.3. The number of hydrogen-bond acceptors (Lipinski definition) is 6. The number of likely N-dealkylation sites (tertiary alicyclic amines) is 2. The van der Waals surface area contributed by atoms with Gasteiger partial charge in [0.25, 0.3) is 0 Å². The molecule has 2 N–H and O–H groups in total. The SMILES string of the molecule is CC(C)(C)OC(=O)N[C@H](Cc1cccnc1)C(=O)N1CCC(N2CCC(n3c(=O)[nH]c4ccccc43)CC2)CC1. The summed E-state index contributed by atoms with van der Waals surface area (Å²) < 4.78 is 7.36. The van der Waals surface area contributed by atoms with E-state index in [1.807, 2.05) is 45.9 Å². The van der Waals surface area contributed by atoms with Gasteiger partial charge in [-0.3, -0.25) is 14.3 Å². The molecule has 2 aromatic heterocycles. The minimum absolute atomic E-state index is 0.0349. The van der Waals surface area contributed by atoms with Gasteiger partial charge in [-0.15, -0.1) is 0 Å². The summed E-state index contributed by atoms with van der Waals surface area (Å²) in [5.41, 5.74) is 2.05. The number of para-hydroxylation sites is 2. The number of rotatable bonds is 6. The number of aromatic nitrogens is 3. The fourth-order valence-corrected chi connectivity index (χ4v) is 6.02. The summed E-state index contributed by atoms with van der Waals surface area (Å²) in [7, 11) is 0. The number of alkyl carbamates (subject to hydrolysis) is 1. The number of carbonyl (C=O) groups excluding carboxylic acids is 2. The van der Waals surface area contributed by atoms with Gasteiger partial charge in [-0.05, 0) is 70.2 Å². The minimum Gasteiger partial charge on any atom is -0.444 e. The summed E-state index contributed by atoms with van der Waals surface area (Å²) in [6.45, 7) is 8.55. The smallest absolute Gasteiger partial charge is 0.408 e. The van der Waals surface area contributed by atoms with Crippen molar-refractivity contribution < 1.29 is 14.3 Å². The molecule has 2 fully saturated rings. The van der Waals surface area contributed by atoms with Crippen molar-refractivity contribution >= 4 is 23.0 Å². The van der Waals surface area contributed by atoms with Gasteiger partial charge in [0, 0.05) is 57.1 Å². The van der Waals surface area contributed by atoms with Crippen LogP contribution in [0.15, 0.2) is 53.6 Å². The fourth-order valence-electron chi connectivity index (χ4n) is 6.02. The molecule has 2 amide bonds. The van der Waals surface area contributed by atoms with E-state index in [0.717, 1.165) is 55.4 Å². The molecule has 5 rings (SSSR count). The lowest BCUT2D eigenvalue weighted by molar-refractivity contribution is -0.135. The second kappa shape index (κ2) is 11.8. The van der Waals surface area contributed by atoms with Gasteiger partial charge in [0.1, 0.15) is 11.6 Å². The summed E-state index contributed by atoms with van der Waals surface area (Å²) in [4.78, 5) is 50.3. The summed E-state index contributed by atoms with van der Waals surface area (Å²) in [5.74, 6) is -0.0921. The molecule has 0 radical (unpaired) electrons.